The van der Waals surface area contributed by atoms with E-state index in [1.54, 1.807) is 6.07 Å². The van der Waals surface area contributed by atoms with Crippen molar-refractivity contribution >= 4 is 0 Å². The Labute approximate surface area is 177 Å². The lowest BCUT2D eigenvalue weighted by Crippen LogP contribution is -2.23. The molecule has 2 aromatic heterocycles. The lowest BCUT2D eigenvalue weighted by molar-refractivity contribution is 0.707. The van der Waals surface area contributed by atoms with Gasteiger partial charge in [-0.05, 0) is 43.5 Å². The molecule has 0 N–H and O–H groups in total. The van der Waals surface area contributed by atoms with Crippen molar-refractivity contribution in [2.24, 2.45) is 0 Å². The third kappa shape index (κ3) is 4.60. The molecule has 0 bridgehead atoms. The fourth-order valence-electron chi connectivity index (χ4n) is 3.72. The van der Waals surface area contributed by atoms with Gasteiger partial charge in [-0.1, -0.05) is 59.7 Å². The molecule has 0 unspecified atom stereocenters. The summed E-state index contributed by atoms with van der Waals surface area (Å²) >= 11 is 0. The Bertz CT molecular complexity index is 1200. The summed E-state index contributed by atoms with van der Waals surface area (Å²) in [5, 5.41) is 0. The molecular weight excluding hydrogens is 370 g/mol. The quantitative estimate of drug-likeness (QED) is 0.475. The molecule has 0 fully saturated rings. The number of aryl methyl sites for hydroxylation is 3. The van der Waals surface area contributed by atoms with Gasteiger partial charge in [-0.2, -0.15) is 0 Å². The second-order valence-electron chi connectivity index (χ2n) is 8.09. The van der Waals surface area contributed by atoms with Gasteiger partial charge in [0.2, 0.25) is 0 Å². The number of aromatic nitrogens is 3. The van der Waals surface area contributed by atoms with E-state index in [2.05, 4.69) is 78.0 Å². The Balaban J connectivity index is 1.53. The molecule has 4 nitrogen and oxygen atoms in total. The summed E-state index contributed by atoms with van der Waals surface area (Å²) in [7, 11) is 0. The van der Waals surface area contributed by atoms with E-state index >= 15 is 0 Å². The number of hydrogen-bond donors (Lipinski definition) is 0. The van der Waals surface area contributed by atoms with Crippen molar-refractivity contribution in [3.05, 3.63) is 123 Å². The average molecular weight is 398 g/mol. The maximum absolute atomic E-state index is 12.8. The second kappa shape index (κ2) is 8.54. The van der Waals surface area contributed by atoms with Crippen molar-refractivity contribution in [2.75, 3.05) is 0 Å². The molecule has 0 amide bonds. The molecule has 0 atom stereocenters. The van der Waals surface area contributed by atoms with Gasteiger partial charge in [0.05, 0.1) is 12.9 Å². The van der Waals surface area contributed by atoms with Crippen molar-refractivity contribution in [3.63, 3.8) is 0 Å². The summed E-state index contributed by atoms with van der Waals surface area (Å²) in [6, 6.07) is 20.8. The van der Waals surface area contributed by atoms with Crippen LogP contribution in [0, 0.1) is 20.8 Å². The highest BCUT2D eigenvalue weighted by atomic mass is 16.1. The Morgan fingerprint density at radius 2 is 1.40 bits per heavy atom. The molecular formula is C26H27N3O. The molecule has 0 aliphatic carbocycles. The van der Waals surface area contributed by atoms with E-state index in [1.807, 2.05) is 24.0 Å². The molecule has 0 spiro atoms. The normalized spacial score (nSPS) is 11.0. The first-order valence-electron chi connectivity index (χ1n) is 10.3. The summed E-state index contributed by atoms with van der Waals surface area (Å²) < 4.78 is 3.95. The van der Waals surface area contributed by atoms with Gasteiger partial charge >= 0.3 is 0 Å². The Hall–Kier alpha value is -3.40. The van der Waals surface area contributed by atoms with Crippen molar-refractivity contribution in [3.8, 4) is 0 Å². The molecule has 0 aliphatic rings. The third-order valence-corrected chi connectivity index (χ3v) is 5.51. The monoisotopic (exact) mass is 397 g/mol. The van der Waals surface area contributed by atoms with Gasteiger partial charge in [-0.3, -0.25) is 4.79 Å². The van der Waals surface area contributed by atoms with Crippen LogP contribution in [0.15, 0.2) is 78.0 Å². The van der Waals surface area contributed by atoms with Crippen LogP contribution in [-0.4, -0.2) is 14.1 Å². The van der Waals surface area contributed by atoms with E-state index in [0.29, 0.717) is 13.1 Å². The van der Waals surface area contributed by atoms with Crippen LogP contribution in [0.25, 0.3) is 0 Å². The fourth-order valence-corrected chi connectivity index (χ4v) is 3.72. The van der Waals surface area contributed by atoms with E-state index in [9.17, 15) is 4.79 Å². The third-order valence-electron chi connectivity index (χ3n) is 5.51. The SMILES string of the molecule is Cc1ccc(Cc2cncn2Cc2cc(C)n(Cc3ccc(C)cc3)c(=O)c2)cc1. The van der Waals surface area contributed by atoms with Crippen LogP contribution in [0.3, 0.4) is 0 Å². The van der Waals surface area contributed by atoms with Gasteiger partial charge in [0.25, 0.3) is 5.56 Å². The zero-order valence-electron chi connectivity index (χ0n) is 17.8. The summed E-state index contributed by atoms with van der Waals surface area (Å²) in [6.07, 6.45) is 4.58. The highest BCUT2D eigenvalue weighted by Crippen LogP contribution is 2.13. The largest absolute Gasteiger partial charge is 0.330 e. The van der Waals surface area contributed by atoms with Crippen LogP contribution in [0.4, 0.5) is 0 Å². The Morgan fingerprint density at radius 3 is 2.03 bits per heavy atom. The zero-order valence-corrected chi connectivity index (χ0v) is 17.8. The smallest absolute Gasteiger partial charge is 0.251 e. The van der Waals surface area contributed by atoms with Crippen LogP contribution >= 0.6 is 0 Å². The molecule has 30 heavy (non-hydrogen) atoms. The van der Waals surface area contributed by atoms with Gasteiger partial charge in [-0.15, -0.1) is 0 Å². The minimum atomic E-state index is 0.0331. The fraction of sp³-hybridized carbons (Fsp3) is 0.231. The summed E-state index contributed by atoms with van der Waals surface area (Å²) in [5.74, 6) is 0. The average Bonchev–Trinajstić information content (AvgIpc) is 3.14. The van der Waals surface area contributed by atoms with Crippen molar-refractivity contribution in [1.82, 2.24) is 14.1 Å². The molecule has 152 valence electrons. The maximum atomic E-state index is 12.8. The van der Waals surface area contributed by atoms with Gasteiger partial charge in [0.15, 0.2) is 0 Å². The van der Waals surface area contributed by atoms with E-state index in [-0.39, 0.29) is 5.56 Å². The van der Waals surface area contributed by atoms with Crippen LogP contribution < -0.4 is 5.56 Å². The molecule has 2 aromatic carbocycles. The minimum absolute atomic E-state index is 0.0331. The standard InChI is InChI=1S/C26H27N3O/c1-19-4-8-22(9-5-19)13-25-15-27-18-28(25)16-24-12-21(3)29(26(30)14-24)17-23-10-6-20(2)7-11-23/h4-12,14-15,18H,13,16-17H2,1-3H3. The minimum Gasteiger partial charge on any atom is -0.330 e. The second-order valence-corrected chi connectivity index (χ2v) is 8.09. The van der Waals surface area contributed by atoms with E-state index in [0.717, 1.165) is 28.9 Å². The predicted molar refractivity (Wildman–Crippen MR) is 121 cm³/mol. The molecule has 0 aliphatic heterocycles. The van der Waals surface area contributed by atoms with Crippen LogP contribution in [0.2, 0.25) is 0 Å². The Morgan fingerprint density at radius 1 is 0.767 bits per heavy atom. The van der Waals surface area contributed by atoms with E-state index in [4.69, 9.17) is 0 Å². The van der Waals surface area contributed by atoms with Gasteiger partial charge in [0, 0.05) is 36.6 Å². The maximum Gasteiger partial charge on any atom is 0.251 e. The van der Waals surface area contributed by atoms with Gasteiger partial charge in [-0.25, -0.2) is 4.98 Å². The number of hydrogen-bond acceptors (Lipinski definition) is 2. The number of benzene rings is 2. The Kier molecular flexibility index (Phi) is 5.66. The number of pyridine rings is 1. The lowest BCUT2D eigenvalue weighted by atomic mass is 10.1. The van der Waals surface area contributed by atoms with E-state index < -0.39 is 0 Å². The number of rotatable bonds is 6. The first kappa shape index (κ1) is 19.9. The molecule has 0 radical (unpaired) electrons. The van der Waals surface area contributed by atoms with Crippen LogP contribution in [0.1, 0.15) is 39.2 Å². The van der Waals surface area contributed by atoms with Crippen LogP contribution in [-0.2, 0) is 19.5 Å². The highest BCUT2D eigenvalue weighted by Gasteiger charge is 2.08. The predicted octanol–water partition coefficient (Wildman–Crippen LogP) is 4.66. The lowest BCUT2D eigenvalue weighted by Gasteiger charge is -2.14. The molecule has 0 saturated heterocycles. The topological polar surface area (TPSA) is 39.8 Å². The van der Waals surface area contributed by atoms with Crippen LogP contribution in [0.5, 0.6) is 0 Å². The van der Waals surface area contributed by atoms with E-state index in [1.165, 1.54) is 16.7 Å². The summed E-state index contributed by atoms with van der Waals surface area (Å²) in [4.78, 5) is 17.1. The first-order chi connectivity index (χ1) is 14.5. The molecule has 4 aromatic rings. The van der Waals surface area contributed by atoms with Crippen molar-refractivity contribution < 1.29 is 0 Å². The molecule has 2 heterocycles. The highest BCUT2D eigenvalue weighted by molar-refractivity contribution is 5.27. The summed E-state index contributed by atoms with van der Waals surface area (Å²) in [5.41, 5.74) is 8.01. The zero-order chi connectivity index (χ0) is 21.1. The van der Waals surface area contributed by atoms with Gasteiger partial charge in [0.1, 0.15) is 0 Å². The van der Waals surface area contributed by atoms with Crippen molar-refractivity contribution in [2.45, 2.75) is 40.3 Å². The van der Waals surface area contributed by atoms with Crippen molar-refractivity contribution in [1.29, 1.82) is 0 Å². The summed E-state index contributed by atoms with van der Waals surface area (Å²) in [6.45, 7) is 7.40. The molecule has 4 rings (SSSR count). The van der Waals surface area contributed by atoms with Gasteiger partial charge < -0.3 is 9.13 Å². The molecule has 4 heteroatoms. The first-order valence-corrected chi connectivity index (χ1v) is 10.3. The number of imidazole rings is 1. The molecule has 0 saturated carbocycles. The number of nitrogens with zero attached hydrogens (tertiary/aromatic N) is 3.